The van der Waals surface area contributed by atoms with Crippen LogP contribution in [0.5, 0.6) is 0 Å². The van der Waals surface area contributed by atoms with Gasteiger partial charge in [0, 0.05) is 30.4 Å². The standard InChI is InChI=1S/C13H14FN3O/c1-9-2-3-10(14)6-12(9)13(18)16-5-4-11-7-15-8-17-11/h2-3,6-8H,4-5H2,1H3,(H,15,17)(H,16,18). The van der Waals surface area contributed by atoms with E-state index in [-0.39, 0.29) is 5.91 Å². The lowest BCUT2D eigenvalue weighted by Gasteiger charge is -2.07. The lowest BCUT2D eigenvalue weighted by atomic mass is 10.1. The summed E-state index contributed by atoms with van der Waals surface area (Å²) in [5.41, 5.74) is 2.08. The number of amides is 1. The number of hydrogen-bond acceptors (Lipinski definition) is 2. The Hall–Kier alpha value is -2.17. The van der Waals surface area contributed by atoms with Crippen LogP contribution in [0.1, 0.15) is 21.6 Å². The van der Waals surface area contributed by atoms with E-state index in [0.717, 1.165) is 11.3 Å². The topological polar surface area (TPSA) is 57.8 Å². The number of aryl methyl sites for hydroxylation is 1. The highest BCUT2D eigenvalue weighted by Crippen LogP contribution is 2.09. The summed E-state index contributed by atoms with van der Waals surface area (Å²) in [5.74, 6) is -0.661. The molecule has 0 aliphatic heterocycles. The van der Waals surface area contributed by atoms with E-state index in [1.54, 1.807) is 25.5 Å². The summed E-state index contributed by atoms with van der Waals surface area (Å²) in [5, 5.41) is 2.75. The van der Waals surface area contributed by atoms with Gasteiger partial charge in [-0.1, -0.05) is 6.07 Å². The summed E-state index contributed by atoms with van der Waals surface area (Å²) in [4.78, 5) is 18.7. The molecule has 18 heavy (non-hydrogen) atoms. The molecule has 94 valence electrons. The zero-order chi connectivity index (χ0) is 13.0. The Morgan fingerprint density at radius 2 is 2.33 bits per heavy atom. The molecule has 0 saturated heterocycles. The largest absolute Gasteiger partial charge is 0.352 e. The predicted molar refractivity (Wildman–Crippen MR) is 65.8 cm³/mol. The minimum atomic E-state index is -0.403. The fourth-order valence-corrected chi connectivity index (χ4v) is 1.67. The van der Waals surface area contributed by atoms with Gasteiger partial charge in [0.1, 0.15) is 5.82 Å². The van der Waals surface area contributed by atoms with Gasteiger partial charge in [0.05, 0.1) is 6.33 Å². The molecule has 2 N–H and O–H groups in total. The molecule has 1 aromatic carbocycles. The van der Waals surface area contributed by atoms with E-state index in [4.69, 9.17) is 0 Å². The Kier molecular flexibility index (Phi) is 3.72. The molecule has 1 heterocycles. The maximum Gasteiger partial charge on any atom is 0.251 e. The number of hydrogen-bond donors (Lipinski definition) is 2. The number of H-pyrrole nitrogens is 1. The molecule has 0 unspecified atom stereocenters. The Morgan fingerprint density at radius 1 is 1.50 bits per heavy atom. The summed E-state index contributed by atoms with van der Waals surface area (Å²) in [6, 6.07) is 4.19. The van der Waals surface area contributed by atoms with Crippen LogP contribution < -0.4 is 5.32 Å². The molecule has 0 fully saturated rings. The summed E-state index contributed by atoms with van der Waals surface area (Å²) >= 11 is 0. The van der Waals surface area contributed by atoms with Crippen molar-refractivity contribution >= 4 is 5.91 Å². The van der Waals surface area contributed by atoms with Crippen LogP contribution >= 0.6 is 0 Å². The van der Waals surface area contributed by atoms with Crippen molar-refractivity contribution in [3.8, 4) is 0 Å². The SMILES string of the molecule is Cc1ccc(F)cc1C(=O)NCCc1cnc[nH]1. The van der Waals surface area contributed by atoms with Crippen LogP contribution in [-0.4, -0.2) is 22.4 Å². The van der Waals surface area contributed by atoms with E-state index in [2.05, 4.69) is 15.3 Å². The van der Waals surface area contributed by atoms with E-state index >= 15 is 0 Å². The van der Waals surface area contributed by atoms with Crippen molar-refractivity contribution in [2.45, 2.75) is 13.3 Å². The molecule has 0 saturated carbocycles. The molecule has 0 spiro atoms. The third-order valence-corrected chi connectivity index (χ3v) is 2.68. The van der Waals surface area contributed by atoms with Crippen molar-refractivity contribution in [3.05, 3.63) is 53.4 Å². The van der Waals surface area contributed by atoms with Gasteiger partial charge in [-0.2, -0.15) is 0 Å². The molecule has 4 nitrogen and oxygen atoms in total. The molecule has 2 rings (SSSR count). The van der Waals surface area contributed by atoms with Crippen molar-refractivity contribution < 1.29 is 9.18 Å². The van der Waals surface area contributed by atoms with Crippen LogP contribution in [0.2, 0.25) is 0 Å². The van der Waals surface area contributed by atoms with Gasteiger partial charge in [0.25, 0.3) is 5.91 Å². The number of halogens is 1. The van der Waals surface area contributed by atoms with E-state index in [1.807, 2.05) is 0 Å². The van der Waals surface area contributed by atoms with Gasteiger partial charge in [0.2, 0.25) is 0 Å². The number of carbonyl (C=O) groups is 1. The van der Waals surface area contributed by atoms with Gasteiger partial charge < -0.3 is 10.3 Å². The smallest absolute Gasteiger partial charge is 0.251 e. The first-order chi connectivity index (χ1) is 8.66. The lowest BCUT2D eigenvalue weighted by molar-refractivity contribution is 0.0953. The summed E-state index contributed by atoms with van der Waals surface area (Å²) in [6.45, 7) is 2.26. The van der Waals surface area contributed by atoms with Gasteiger partial charge in [0.15, 0.2) is 0 Å². The minimum absolute atomic E-state index is 0.258. The highest BCUT2D eigenvalue weighted by atomic mass is 19.1. The zero-order valence-corrected chi connectivity index (χ0v) is 10.0. The van der Waals surface area contributed by atoms with E-state index in [0.29, 0.717) is 18.5 Å². The monoisotopic (exact) mass is 247 g/mol. The third kappa shape index (κ3) is 2.94. The summed E-state index contributed by atoms with van der Waals surface area (Å²) in [7, 11) is 0. The first kappa shape index (κ1) is 12.3. The molecule has 2 aromatic rings. The Morgan fingerprint density at radius 3 is 3.06 bits per heavy atom. The van der Waals surface area contributed by atoms with Gasteiger partial charge >= 0.3 is 0 Å². The number of imidazole rings is 1. The number of rotatable bonds is 4. The highest BCUT2D eigenvalue weighted by molar-refractivity contribution is 5.95. The van der Waals surface area contributed by atoms with Crippen molar-refractivity contribution in [2.75, 3.05) is 6.54 Å². The third-order valence-electron chi connectivity index (χ3n) is 2.68. The van der Waals surface area contributed by atoms with Crippen LogP contribution in [-0.2, 0) is 6.42 Å². The van der Waals surface area contributed by atoms with Crippen molar-refractivity contribution in [1.82, 2.24) is 15.3 Å². The predicted octanol–water partition coefficient (Wildman–Crippen LogP) is 1.83. The number of nitrogens with one attached hydrogen (secondary N) is 2. The Balaban J connectivity index is 1.93. The molecule has 0 atom stereocenters. The molecular weight excluding hydrogens is 233 g/mol. The van der Waals surface area contributed by atoms with E-state index in [9.17, 15) is 9.18 Å². The normalized spacial score (nSPS) is 10.3. The minimum Gasteiger partial charge on any atom is -0.352 e. The average molecular weight is 247 g/mol. The number of nitrogens with zero attached hydrogens (tertiary/aromatic N) is 1. The first-order valence-electron chi connectivity index (χ1n) is 5.68. The van der Waals surface area contributed by atoms with Gasteiger partial charge in [-0.3, -0.25) is 4.79 Å². The molecule has 1 aromatic heterocycles. The highest BCUT2D eigenvalue weighted by Gasteiger charge is 2.09. The first-order valence-corrected chi connectivity index (χ1v) is 5.68. The maximum atomic E-state index is 13.1. The number of aromatic amines is 1. The van der Waals surface area contributed by atoms with Crippen molar-refractivity contribution in [3.63, 3.8) is 0 Å². The van der Waals surface area contributed by atoms with Crippen molar-refractivity contribution in [2.24, 2.45) is 0 Å². The number of carbonyl (C=O) groups excluding carboxylic acids is 1. The lowest BCUT2D eigenvalue weighted by Crippen LogP contribution is -2.26. The fourth-order valence-electron chi connectivity index (χ4n) is 1.67. The second-order valence-corrected chi connectivity index (χ2v) is 4.04. The maximum absolute atomic E-state index is 13.1. The summed E-state index contributed by atoms with van der Waals surface area (Å²) in [6.07, 6.45) is 3.97. The second-order valence-electron chi connectivity index (χ2n) is 4.04. The number of aromatic nitrogens is 2. The van der Waals surface area contributed by atoms with Crippen LogP contribution in [0.3, 0.4) is 0 Å². The van der Waals surface area contributed by atoms with Crippen LogP contribution in [0.25, 0.3) is 0 Å². The quantitative estimate of drug-likeness (QED) is 0.866. The van der Waals surface area contributed by atoms with E-state index < -0.39 is 5.82 Å². The molecular formula is C13H14FN3O. The molecule has 0 aliphatic carbocycles. The Bertz CT molecular complexity index is 537. The molecule has 0 radical (unpaired) electrons. The average Bonchev–Trinajstić information content (AvgIpc) is 2.85. The fraction of sp³-hybridized carbons (Fsp3) is 0.231. The van der Waals surface area contributed by atoms with E-state index in [1.165, 1.54) is 12.1 Å². The zero-order valence-electron chi connectivity index (χ0n) is 10.0. The molecule has 1 amide bonds. The molecule has 5 heteroatoms. The van der Waals surface area contributed by atoms with Crippen LogP contribution in [0.4, 0.5) is 4.39 Å². The van der Waals surface area contributed by atoms with Crippen LogP contribution in [0.15, 0.2) is 30.7 Å². The van der Waals surface area contributed by atoms with Gasteiger partial charge in [-0.15, -0.1) is 0 Å². The molecule has 0 bridgehead atoms. The Labute approximate surface area is 104 Å². The number of benzene rings is 1. The van der Waals surface area contributed by atoms with Gasteiger partial charge in [-0.25, -0.2) is 9.37 Å². The van der Waals surface area contributed by atoms with Crippen LogP contribution in [0, 0.1) is 12.7 Å². The summed E-state index contributed by atoms with van der Waals surface area (Å²) < 4.78 is 13.1. The second kappa shape index (κ2) is 5.44. The molecule has 0 aliphatic rings. The van der Waals surface area contributed by atoms with Gasteiger partial charge in [-0.05, 0) is 24.6 Å². The van der Waals surface area contributed by atoms with Crippen molar-refractivity contribution in [1.29, 1.82) is 0 Å².